The molecule has 3 aromatic rings. The first-order valence-electron chi connectivity index (χ1n) is 9.70. The average molecular weight is 553 g/mol. The fraction of sp³-hybridized carbons (Fsp3) is 0.320. The fourth-order valence-electron chi connectivity index (χ4n) is 3.19. The Morgan fingerprint density at radius 1 is 1.03 bits per heavy atom. The van der Waals surface area contributed by atoms with Crippen molar-refractivity contribution in [2.24, 2.45) is 5.92 Å². The summed E-state index contributed by atoms with van der Waals surface area (Å²) < 4.78 is 0. The number of aryl methyl sites for hydroxylation is 1. The van der Waals surface area contributed by atoms with Gasteiger partial charge in [0.05, 0.1) is 0 Å². The number of hydrogen-bond acceptors (Lipinski definition) is 1. The molecular formula is C25H30Cl2SSiZr-2. The summed E-state index contributed by atoms with van der Waals surface area (Å²) in [6.45, 7) is 15.4. The SMILES string of the molecule is CC1=[C-]C(C)C(C)=C1C.C[Si](C)=[Zr+2].Cc1cc2c(-c3cccs3)cccc2[cH-]1.[Cl-].[Cl-]. The maximum Gasteiger partial charge on any atom is 0.0248 e. The van der Waals surface area contributed by atoms with Gasteiger partial charge in [-0.15, -0.1) is 52.8 Å². The summed E-state index contributed by atoms with van der Waals surface area (Å²) in [5.74, 6) is 0.560. The molecule has 0 fully saturated rings. The minimum atomic E-state index is 0. The van der Waals surface area contributed by atoms with Gasteiger partial charge < -0.3 is 24.8 Å². The van der Waals surface area contributed by atoms with E-state index in [1.165, 1.54) is 43.5 Å². The maximum absolute atomic E-state index is 3.36. The monoisotopic (exact) mass is 550 g/mol. The second-order valence-electron chi connectivity index (χ2n) is 7.62. The number of thiophene rings is 1. The van der Waals surface area contributed by atoms with E-state index < -0.39 is 0 Å². The van der Waals surface area contributed by atoms with Crippen molar-refractivity contribution in [1.29, 1.82) is 0 Å². The summed E-state index contributed by atoms with van der Waals surface area (Å²) in [5.41, 5.74) is 7.15. The van der Waals surface area contributed by atoms with Gasteiger partial charge in [-0.3, -0.25) is 6.08 Å². The van der Waals surface area contributed by atoms with Crippen molar-refractivity contribution < 1.29 is 48.1 Å². The summed E-state index contributed by atoms with van der Waals surface area (Å²) in [4.78, 5) is 1.35. The molecule has 160 valence electrons. The van der Waals surface area contributed by atoms with E-state index in [9.17, 15) is 0 Å². The van der Waals surface area contributed by atoms with Gasteiger partial charge in [-0.05, 0) is 11.4 Å². The van der Waals surface area contributed by atoms with Crippen LogP contribution in [0.1, 0.15) is 33.3 Å². The van der Waals surface area contributed by atoms with Crippen molar-refractivity contribution in [1.82, 2.24) is 0 Å². The van der Waals surface area contributed by atoms with E-state index in [0.29, 0.717) is 5.92 Å². The molecular weight excluding hydrogens is 523 g/mol. The van der Waals surface area contributed by atoms with Crippen LogP contribution in [-0.2, 0) is 23.3 Å². The van der Waals surface area contributed by atoms with Crippen LogP contribution in [0.4, 0.5) is 0 Å². The zero-order valence-electron chi connectivity index (χ0n) is 18.9. The summed E-state index contributed by atoms with van der Waals surface area (Å²) in [6, 6.07) is 15.3. The largest absolute Gasteiger partial charge is 1.00 e. The normalized spacial score (nSPS) is 14.6. The second kappa shape index (κ2) is 14.0. The van der Waals surface area contributed by atoms with Crippen LogP contribution in [0.25, 0.3) is 21.2 Å². The van der Waals surface area contributed by atoms with E-state index >= 15 is 0 Å². The molecule has 1 aliphatic rings. The Kier molecular flexibility index (Phi) is 13.8. The Morgan fingerprint density at radius 3 is 2.10 bits per heavy atom. The van der Waals surface area contributed by atoms with Crippen LogP contribution >= 0.6 is 11.3 Å². The van der Waals surface area contributed by atoms with Crippen molar-refractivity contribution in [3.8, 4) is 10.4 Å². The zero-order chi connectivity index (χ0) is 20.8. The molecule has 0 spiro atoms. The Labute approximate surface area is 214 Å². The molecule has 0 N–H and O–H groups in total. The number of hydrogen-bond donors (Lipinski definition) is 0. The first-order valence-corrected chi connectivity index (χ1v) is 16.8. The molecule has 30 heavy (non-hydrogen) atoms. The van der Waals surface area contributed by atoms with Crippen LogP contribution in [0, 0.1) is 18.9 Å². The van der Waals surface area contributed by atoms with Gasteiger partial charge in [-0.25, -0.2) is 5.57 Å². The van der Waals surface area contributed by atoms with Crippen LogP contribution in [-0.4, -0.2) is 5.43 Å². The van der Waals surface area contributed by atoms with Gasteiger partial charge >= 0.3 is 41.9 Å². The molecule has 1 atom stereocenters. The summed E-state index contributed by atoms with van der Waals surface area (Å²) in [7, 11) is 0. The Hall–Kier alpha value is -0.310. The van der Waals surface area contributed by atoms with Crippen LogP contribution in [0.3, 0.4) is 0 Å². The van der Waals surface area contributed by atoms with Crippen LogP contribution in [0.15, 0.2) is 64.6 Å². The van der Waals surface area contributed by atoms with Crippen molar-refractivity contribution in [2.45, 2.75) is 47.7 Å². The first kappa shape index (κ1) is 29.7. The van der Waals surface area contributed by atoms with Gasteiger partial charge in [0.15, 0.2) is 0 Å². The molecule has 1 aromatic heterocycles. The number of rotatable bonds is 1. The van der Waals surface area contributed by atoms with Gasteiger partial charge in [0, 0.05) is 4.88 Å². The molecule has 0 nitrogen and oxygen atoms in total. The fourth-order valence-corrected chi connectivity index (χ4v) is 3.96. The number of allylic oxidation sites excluding steroid dienone is 4. The molecule has 1 heterocycles. The smallest absolute Gasteiger partial charge is 0.0248 e. The molecule has 2 aromatic carbocycles. The van der Waals surface area contributed by atoms with Crippen molar-refractivity contribution in [2.75, 3.05) is 0 Å². The van der Waals surface area contributed by atoms with Crippen molar-refractivity contribution in [3.63, 3.8) is 0 Å². The summed E-state index contributed by atoms with van der Waals surface area (Å²) >= 11 is 3.54. The van der Waals surface area contributed by atoms with Gasteiger partial charge in [-0.2, -0.15) is 17.2 Å². The molecule has 0 saturated carbocycles. The van der Waals surface area contributed by atoms with Crippen molar-refractivity contribution >= 4 is 27.5 Å². The molecule has 1 aliphatic carbocycles. The molecule has 5 heteroatoms. The zero-order valence-corrected chi connectivity index (χ0v) is 24.6. The van der Waals surface area contributed by atoms with E-state index in [1.807, 2.05) is 0 Å². The van der Waals surface area contributed by atoms with Gasteiger partial charge in [0.1, 0.15) is 0 Å². The van der Waals surface area contributed by atoms with Gasteiger partial charge in [0.25, 0.3) is 0 Å². The predicted molar refractivity (Wildman–Crippen MR) is 125 cm³/mol. The minimum Gasteiger partial charge on any atom is -1.00 e. The van der Waals surface area contributed by atoms with E-state index in [0.717, 1.165) is 0 Å². The summed E-state index contributed by atoms with van der Waals surface area (Å²) in [5, 5.41) is 4.85. The molecule has 4 rings (SSSR count). The van der Waals surface area contributed by atoms with E-state index in [-0.39, 0.29) is 30.2 Å². The quantitative estimate of drug-likeness (QED) is 0.321. The van der Waals surface area contributed by atoms with E-state index in [1.54, 1.807) is 34.7 Å². The summed E-state index contributed by atoms with van der Waals surface area (Å²) in [6.07, 6.45) is 3.36. The van der Waals surface area contributed by atoms with E-state index in [4.69, 9.17) is 0 Å². The van der Waals surface area contributed by atoms with Crippen LogP contribution < -0.4 is 24.8 Å². The first-order chi connectivity index (χ1) is 13.2. The van der Waals surface area contributed by atoms with Gasteiger partial charge in [-0.1, -0.05) is 51.3 Å². The Morgan fingerprint density at radius 2 is 1.67 bits per heavy atom. The number of benzene rings is 1. The third kappa shape index (κ3) is 8.32. The third-order valence-electron chi connectivity index (χ3n) is 4.92. The number of halogens is 2. The van der Waals surface area contributed by atoms with Crippen molar-refractivity contribution in [3.05, 3.63) is 76.2 Å². The topological polar surface area (TPSA) is 0 Å². The second-order valence-corrected chi connectivity index (χ2v) is 17.9. The maximum atomic E-state index is 3.36. The molecule has 1 unspecified atom stereocenters. The minimum absolute atomic E-state index is 0. The molecule has 0 aliphatic heterocycles. The molecule has 0 saturated heterocycles. The molecule has 0 radical (unpaired) electrons. The predicted octanol–water partition coefficient (Wildman–Crippen LogP) is 2.11. The van der Waals surface area contributed by atoms with Crippen LogP contribution in [0.2, 0.25) is 13.1 Å². The van der Waals surface area contributed by atoms with E-state index in [2.05, 4.69) is 102 Å². The molecule has 0 amide bonds. The Bertz CT molecular complexity index is 1010. The van der Waals surface area contributed by atoms with Crippen LogP contribution in [0.5, 0.6) is 0 Å². The average Bonchev–Trinajstić information content (AvgIpc) is 3.32. The standard InChI is InChI=1S/C14H11S.C9H13.C2H6Si.2ClH.Zr/c1-10-8-11-4-2-5-12(13(11)9-10)14-6-3-7-15-14;1-6-5-7(2)9(4)8(6)3;1-3-2;;;/h2-9H,1H3;6H,1-4H3;1-2H3;2*1H;/q2*-1;;;;+2/p-2. The molecule has 0 bridgehead atoms. The Balaban J connectivity index is 0.000000486. The number of fused-ring (bicyclic) bond motifs is 1. The third-order valence-corrected chi connectivity index (χ3v) is 5.82. The van der Waals surface area contributed by atoms with Gasteiger partial charge in [0.2, 0.25) is 0 Å².